The highest BCUT2D eigenvalue weighted by atomic mass is 35.5. The van der Waals surface area contributed by atoms with E-state index in [1.165, 1.54) is 44.4 Å². The average molecular weight is 487 g/mol. The van der Waals surface area contributed by atoms with E-state index in [-0.39, 0.29) is 21.9 Å². The van der Waals surface area contributed by atoms with Gasteiger partial charge >= 0.3 is 0 Å². The fourth-order valence-corrected chi connectivity index (χ4v) is 4.63. The molecule has 0 spiro atoms. The molecule has 0 unspecified atom stereocenters. The van der Waals surface area contributed by atoms with Crippen molar-refractivity contribution in [3.8, 4) is 5.75 Å². The Kier molecular flexibility index (Phi) is 7.53. The van der Waals surface area contributed by atoms with Crippen LogP contribution in [0.4, 0.5) is 5.69 Å². The summed E-state index contributed by atoms with van der Waals surface area (Å²) in [6.07, 6.45) is 0. The summed E-state index contributed by atoms with van der Waals surface area (Å²) in [5.41, 5.74) is 1.49. The predicted octanol–water partition coefficient (Wildman–Crippen LogP) is 4.19. The van der Waals surface area contributed by atoms with Crippen LogP contribution in [0, 0.1) is 6.92 Å². The van der Waals surface area contributed by atoms with Gasteiger partial charge in [0.2, 0.25) is 15.9 Å². The Labute approximate surface area is 197 Å². The first kappa shape index (κ1) is 24.4. The van der Waals surface area contributed by atoms with Gasteiger partial charge in [0, 0.05) is 16.1 Å². The van der Waals surface area contributed by atoms with Gasteiger partial charge in [0.15, 0.2) is 5.78 Å². The van der Waals surface area contributed by atoms with Gasteiger partial charge in [-0.2, -0.15) is 4.72 Å². The molecule has 3 aromatic rings. The standard InChI is InChI=1S/C24H23ClN2O5S/c1-15-13-19(10-12-22(15)32-3)33(30,31)27-16(2)24(29)26-21-11-9-18(25)14-20(21)23(28)17-7-5-4-6-8-17/h4-14,16,27H,1-3H3,(H,26,29)/t16-/m0/s1. The molecule has 1 amide bonds. The molecule has 0 aliphatic heterocycles. The Bertz CT molecular complexity index is 1290. The Morgan fingerprint density at radius 3 is 2.33 bits per heavy atom. The van der Waals surface area contributed by atoms with Crippen molar-refractivity contribution >= 4 is 39.0 Å². The van der Waals surface area contributed by atoms with Crippen LogP contribution in [0.1, 0.15) is 28.4 Å². The van der Waals surface area contributed by atoms with E-state index in [0.29, 0.717) is 21.9 Å². The lowest BCUT2D eigenvalue weighted by molar-refractivity contribution is -0.117. The van der Waals surface area contributed by atoms with Gasteiger partial charge in [-0.1, -0.05) is 41.9 Å². The van der Waals surface area contributed by atoms with Crippen LogP contribution in [0.2, 0.25) is 5.02 Å². The Balaban J connectivity index is 1.80. The van der Waals surface area contributed by atoms with Crippen LogP contribution in [0.3, 0.4) is 0 Å². The van der Waals surface area contributed by atoms with Gasteiger partial charge in [-0.3, -0.25) is 9.59 Å². The summed E-state index contributed by atoms with van der Waals surface area (Å²) in [6.45, 7) is 3.14. The van der Waals surface area contributed by atoms with Crippen molar-refractivity contribution < 1.29 is 22.7 Å². The van der Waals surface area contributed by atoms with E-state index in [4.69, 9.17) is 16.3 Å². The summed E-state index contributed by atoms with van der Waals surface area (Å²) >= 11 is 6.07. The molecule has 0 saturated heterocycles. The number of ketones is 1. The zero-order valence-electron chi connectivity index (χ0n) is 18.3. The van der Waals surface area contributed by atoms with E-state index in [2.05, 4.69) is 10.0 Å². The third kappa shape index (κ3) is 5.78. The number of carbonyl (C=O) groups is 2. The normalized spacial score (nSPS) is 12.1. The number of aryl methyl sites for hydroxylation is 1. The van der Waals surface area contributed by atoms with Gasteiger partial charge < -0.3 is 10.1 Å². The quantitative estimate of drug-likeness (QED) is 0.465. The summed E-state index contributed by atoms with van der Waals surface area (Å²) < 4.78 is 33.0. The van der Waals surface area contributed by atoms with E-state index in [9.17, 15) is 18.0 Å². The lowest BCUT2D eigenvalue weighted by Gasteiger charge is -2.17. The minimum atomic E-state index is -3.97. The summed E-state index contributed by atoms with van der Waals surface area (Å²) in [6, 6.07) is 16.3. The SMILES string of the molecule is COc1ccc(S(=O)(=O)N[C@@H](C)C(=O)Nc2ccc(Cl)cc2C(=O)c2ccccc2)cc1C. The lowest BCUT2D eigenvalue weighted by atomic mass is 10.0. The molecule has 3 aromatic carbocycles. The number of carbonyl (C=O) groups excluding carboxylic acids is 2. The van der Waals surface area contributed by atoms with Crippen LogP contribution >= 0.6 is 11.6 Å². The number of hydrogen-bond donors (Lipinski definition) is 2. The van der Waals surface area contributed by atoms with Crippen molar-refractivity contribution in [1.29, 1.82) is 0 Å². The molecule has 0 heterocycles. The molecule has 33 heavy (non-hydrogen) atoms. The van der Waals surface area contributed by atoms with Crippen LogP contribution in [0.15, 0.2) is 71.6 Å². The third-order valence-electron chi connectivity index (χ3n) is 4.92. The van der Waals surface area contributed by atoms with Crippen LogP contribution in [-0.2, 0) is 14.8 Å². The zero-order chi connectivity index (χ0) is 24.2. The van der Waals surface area contributed by atoms with Gasteiger partial charge in [-0.15, -0.1) is 0 Å². The highest BCUT2D eigenvalue weighted by Gasteiger charge is 2.24. The molecule has 0 aromatic heterocycles. The summed E-state index contributed by atoms with van der Waals surface area (Å²) in [5, 5.41) is 2.96. The number of rotatable bonds is 8. The Morgan fingerprint density at radius 2 is 1.70 bits per heavy atom. The predicted molar refractivity (Wildman–Crippen MR) is 127 cm³/mol. The van der Waals surface area contributed by atoms with Crippen molar-refractivity contribution in [3.05, 3.63) is 88.4 Å². The fourth-order valence-electron chi connectivity index (χ4n) is 3.17. The summed E-state index contributed by atoms with van der Waals surface area (Å²) in [5.74, 6) is -0.401. The maximum atomic E-state index is 12.9. The highest BCUT2D eigenvalue weighted by Crippen LogP contribution is 2.25. The van der Waals surface area contributed by atoms with Crippen molar-refractivity contribution in [2.45, 2.75) is 24.8 Å². The molecule has 0 aliphatic rings. The van der Waals surface area contributed by atoms with E-state index < -0.39 is 22.0 Å². The molecular formula is C24H23ClN2O5S. The molecule has 7 nitrogen and oxygen atoms in total. The topological polar surface area (TPSA) is 102 Å². The molecule has 0 saturated carbocycles. The second kappa shape index (κ2) is 10.2. The molecule has 3 rings (SSSR count). The van der Waals surface area contributed by atoms with Gasteiger partial charge in [-0.05, 0) is 55.8 Å². The van der Waals surface area contributed by atoms with Gasteiger partial charge in [0.1, 0.15) is 5.75 Å². The van der Waals surface area contributed by atoms with Crippen LogP contribution in [-0.4, -0.2) is 33.3 Å². The van der Waals surface area contributed by atoms with Crippen molar-refractivity contribution in [1.82, 2.24) is 4.72 Å². The van der Waals surface area contributed by atoms with E-state index >= 15 is 0 Å². The maximum absolute atomic E-state index is 12.9. The van der Waals surface area contributed by atoms with Crippen molar-refractivity contribution in [3.63, 3.8) is 0 Å². The minimum Gasteiger partial charge on any atom is -0.496 e. The fraction of sp³-hybridized carbons (Fsp3) is 0.167. The molecule has 0 aliphatic carbocycles. The molecule has 0 fully saturated rings. The minimum absolute atomic E-state index is 0.00638. The van der Waals surface area contributed by atoms with Crippen molar-refractivity contribution in [2.24, 2.45) is 0 Å². The second-order valence-corrected chi connectivity index (χ2v) is 9.50. The number of anilines is 1. The van der Waals surface area contributed by atoms with Crippen LogP contribution in [0.5, 0.6) is 5.75 Å². The number of methoxy groups -OCH3 is 1. The first-order valence-electron chi connectivity index (χ1n) is 9.99. The lowest BCUT2D eigenvalue weighted by Crippen LogP contribution is -2.41. The first-order valence-corrected chi connectivity index (χ1v) is 11.9. The van der Waals surface area contributed by atoms with Gasteiger partial charge in [-0.25, -0.2) is 8.42 Å². The smallest absolute Gasteiger partial charge is 0.242 e. The number of ether oxygens (including phenoxy) is 1. The first-order chi connectivity index (χ1) is 15.6. The van der Waals surface area contributed by atoms with Crippen LogP contribution < -0.4 is 14.8 Å². The number of halogens is 1. The van der Waals surface area contributed by atoms with E-state index in [1.54, 1.807) is 43.3 Å². The zero-order valence-corrected chi connectivity index (χ0v) is 19.8. The average Bonchev–Trinajstić information content (AvgIpc) is 2.79. The second-order valence-electron chi connectivity index (χ2n) is 7.35. The van der Waals surface area contributed by atoms with Crippen molar-refractivity contribution in [2.75, 3.05) is 12.4 Å². The van der Waals surface area contributed by atoms with E-state index in [0.717, 1.165) is 0 Å². The van der Waals surface area contributed by atoms with E-state index in [1.807, 2.05) is 0 Å². The van der Waals surface area contributed by atoms with Gasteiger partial charge in [0.05, 0.1) is 23.7 Å². The molecule has 2 N–H and O–H groups in total. The number of benzene rings is 3. The highest BCUT2D eigenvalue weighted by molar-refractivity contribution is 7.89. The largest absolute Gasteiger partial charge is 0.496 e. The summed E-state index contributed by atoms with van der Waals surface area (Å²) in [4.78, 5) is 25.7. The maximum Gasteiger partial charge on any atom is 0.242 e. The monoisotopic (exact) mass is 486 g/mol. The number of hydrogen-bond acceptors (Lipinski definition) is 5. The molecule has 9 heteroatoms. The number of amides is 1. The molecule has 172 valence electrons. The van der Waals surface area contributed by atoms with Crippen LogP contribution in [0.25, 0.3) is 0 Å². The Hall–Kier alpha value is -3.20. The molecule has 0 radical (unpaired) electrons. The molecule has 0 bridgehead atoms. The van der Waals surface area contributed by atoms with Gasteiger partial charge in [0.25, 0.3) is 0 Å². The number of nitrogens with one attached hydrogen (secondary N) is 2. The number of sulfonamides is 1. The third-order valence-corrected chi connectivity index (χ3v) is 6.70. The molecule has 1 atom stereocenters. The Morgan fingerprint density at radius 1 is 1.00 bits per heavy atom. The molecular weight excluding hydrogens is 464 g/mol. The summed E-state index contributed by atoms with van der Waals surface area (Å²) in [7, 11) is -2.48.